The van der Waals surface area contributed by atoms with E-state index in [4.69, 9.17) is 0 Å². The maximum atomic E-state index is 3.59. The van der Waals surface area contributed by atoms with Crippen molar-refractivity contribution in [1.29, 1.82) is 0 Å². The molecule has 18 heavy (non-hydrogen) atoms. The van der Waals surface area contributed by atoms with Crippen molar-refractivity contribution in [1.82, 2.24) is 5.32 Å². The summed E-state index contributed by atoms with van der Waals surface area (Å²) in [5, 5.41) is 3.55. The molecule has 1 atom stereocenters. The molecule has 1 N–H and O–H groups in total. The predicted molar refractivity (Wildman–Crippen MR) is 80.6 cm³/mol. The van der Waals surface area contributed by atoms with E-state index in [2.05, 4.69) is 77.6 Å². The van der Waals surface area contributed by atoms with E-state index in [1.165, 1.54) is 16.7 Å². The van der Waals surface area contributed by atoms with Crippen LogP contribution in [0.1, 0.15) is 29.7 Å². The van der Waals surface area contributed by atoms with Crippen LogP contribution >= 0.6 is 15.9 Å². The Morgan fingerprint density at radius 2 is 1.72 bits per heavy atom. The quantitative estimate of drug-likeness (QED) is 0.870. The summed E-state index contributed by atoms with van der Waals surface area (Å²) in [4.78, 5) is 0. The molecule has 0 saturated carbocycles. The molecule has 2 aromatic carbocycles. The molecule has 0 bridgehead atoms. The molecule has 0 aliphatic heterocycles. The van der Waals surface area contributed by atoms with Crippen LogP contribution in [-0.4, -0.2) is 0 Å². The van der Waals surface area contributed by atoms with Crippen LogP contribution < -0.4 is 5.32 Å². The zero-order chi connectivity index (χ0) is 13.0. The van der Waals surface area contributed by atoms with E-state index in [-0.39, 0.29) is 0 Å². The Hall–Kier alpha value is -1.12. The first-order chi connectivity index (χ1) is 8.66. The highest BCUT2D eigenvalue weighted by atomic mass is 79.9. The molecule has 94 valence electrons. The molecule has 0 saturated heterocycles. The van der Waals surface area contributed by atoms with E-state index in [0.29, 0.717) is 6.04 Å². The van der Waals surface area contributed by atoms with E-state index in [0.717, 1.165) is 11.0 Å². The summed E-state index contributed by atoms with van der Waals surface area (Å²) in [6.45, 7) is 5.19. The minimum absolute atomic E-state index is 0.335. The lowest BCUT2D eigenvalue weighted by Crippen LogP contribution is -2.18. The Kier molecular flexibility index (Phi) is 4.56. The SMILES string of the molecule is Cc1ccc(CN[C@H](C)c2ccccc2Br)cc1. The molecule has 2 heteroatoms. The third-order valence-corrected chi connectivity index (χ3v) is 3.83. The summed E-state index contributed by atoms with van der Waals surface area (Å²) in [6.07, 6.45) is 0. The zero-order valence-corrected chi connectivity index (χ0v) is 12.4. The highest BCUT2D eigenvalue weighted by molar-refractivity contribution is 9.10. The van der Waals surface area contributed by atoms with Gasteiger partial charge in [-0.1, -0.05) is 64.0 Å². The first-order valence-electron chi connectivity index (χ1n) is 6.20. The highest BCUT2D eigenvalue weighted by Crippen LogP contribution is 2.22. The van der Waals surface area contributed by atoms with Gasteiger partial charge in [-0.25, -0.2) is 0 Å². The molecular formula is C16H18BrN. The molecule has 0 heterocycles. The van der Waals surface area contributed by atoms with Crippen molar-refractivity contribution in [3.05, 3.63) is 69.7 Å². The lowest BCUT2D eigenvalue weighted by molar-refractivity contribution is 0.573. The minimum atomic E-state index is 0.335. The highest BCUT2D eigenvalue weighted by Gasteiger charge is 2.07. The molecule has 0 spiro atoms. The Bertz CT molecular complexity index is 505. The summed E-state index contributed by atoms with van der Waals surface area (Å²) in [5.74, 6) is 0. The molecule has 0 radical (unpaired) electrons. The number of hydrogen-bond acceptors (Lipinski definition) is 1. The van der Waals surface area contributed by atoms with Gasteiger partial charge < -0.3 is 5.32 Å². The van der Waals surface area contributed by atoms with Gasteiger partial charge in [0.05, 0.1) is 0 Å². The first-order valence-corrected chi connectivity index (χ1v) is 6.99. The van der Waals surface area contributed by atoms with Crippen LogP contribution in [-0.2, 0) is 6.54 Å². The summed E-state index contributed by atoms with van der Waals surface area (Å²) in [5.41, 5.74) is 3.92. The van der Waals surface area contributed by atoms with E-state index in [9.17, 15) is 0 Å². The average molecular weight is 304 g/mol. The van der Waals surface area contributed by atoms with Crippen LogP contribution in [0.3, 0.4) is 0 Å². The van der Waals surface area contributed by atoms with Crippen LogP contribution in [0, 0.1) is 6.92 Å². The Morgan fingerprint density at radius 1 is 1.06 bits per heavy atom. The van der Waals surface area contributed by atoms with Crippen molar-refractivity contribution in [3.63, 3.8) is 0 Å². The van der Waals surface area contributed by atoms with Crippen LogP contribution in [0.2, 0.25) is 0 Å². The van der Waals surface area contributed by atoms with Gasteiger partial charge in [-0.05, 0) is 31.0 Å². The maximum absolute atomic E-state index is 3.59. The van der Waals surface area contributed by atoms with Gasteiger partial charge in [-0.2, -0.15) is 0 Å². The van der Waals surface area contributed by atoms with Gasteiger partial charge in [0.25, 0.3) is 0 Å². The number of nitrogens with one attached hydrogen (secondary N) is 1. The van der Waals surface area contributed by atoms with Crippen molar-refractivity contribution < 1.29 is 0 Å². The van der Waals surface area contributed by atoms with Crippen molar-refractivity contribution in [3.8, 4) is 0 Å². The van der Waals surface area contributed by atoms with Crippen LogP contribution in [0.25, 0.3) is 0 Å². The normalized spacial score (nSPS) is 12.4. The monoisotopic (exact) mass is 303 g/mol. The molecule has 0 aliphatic carbocycles. The average Bonchev–Trinajstić information content (AvgIpc) is 2.38. The zero-order valence-electron chi connectivity index (χ0n) is 10.8. The molecule has 0 amide bonds. The lowest BCUT2D eigenvalue weighted by Gasteiger charge is -2.16. The number of benzene rings is 2. The topological polar surface area (TPSA) is 12.0 Å². The molecular weight excluding hydrogens is 286 g/mol. The smallest absolute Gasteiger partial charge is 0.0306 e. The number of aryl methyl sites for hydroxylation is 1. The number of halogens is 1. The van der Waals surface area contributed by atoms with Crippen molar-refractivity contribution >= 4 is 15.9 Å². The Balaban J connectivity index is 1.98. The van der Waals surface area contributed by atoms with E-state index >= 15 is 0 Å². The molecule has 0 unspecified atom stereocenters. The second kappa shape index (κ2) is 6.17. The summed E-state index contributed by atoms with van der Waals surface area (Å²) < 4.78 is 1.16. The fraction of sp³-hybridized carbons (Fsp3) is 0.250. The van der Waals surface area contributed by atoms with Gasteiger partial charge in [0, 0.05) is 17.1 Å². The number of hydrogen-bond donors (Lipinski definition) is 1. The third-order valence-electron chi connectivity index (χ3n) is 3.10. The van der Waals surface area contributed by atoms with Gasteiger partial charge in [-0.15, -0.1) is 0 Å². The van der Waals surface area contributed by atoms with E-state index in [1.54, 1.807) is 0 Å². The number of rotatable bonds is 4. The van der Waals surface area contributed by atoms with Crippen molar-refractivity contribution in [2.75, 3.05) is 0 Å². The molecule has 0 fully saturated rings. The predicted octanol–water partition coefficient (Wildman–Crippen LogP) is 4.61. The van der Waals surface area contributed by atoms with E-state index < -0.39 is 0 Å². The van der Waals surface area contributed by atoms with Crippen LogP contribution in [0.15, 0.2) is 53.0 Å². The summed E-state index contributed by atoms with van der Waals surface area (Å²) in [7, 11) is 0. The molecule has 1 nitrogen and oxygen atoms in total. The van der Waals surface area contributed by atoms with Gasteiger partial charge in [-0.3, -0.25) is 0 Å². The fourth-order valence-corrected chi connectivity index (χ4v) is 2.54. The lowest BCUT2D eigenvalue weighted by atomic mass is 10.1. The first kappa shape index (κ1) is 13.3. The Labute approximate surface area is 117 Å². The van der Waals surface area contributed by atoms with Crippen LogP contribution in [0.5, 0.6) is 0 Å². The largest absolute Gasteiger partial charge is 0.306 e. The standard InChI is InChI=1S/C16H18BrN/c1-12-7-9-14(10-8-12)11-18-13(2)15-5-3-4-6-16(15)17/h3-10,13,18H,11H2,1-2H3/t13-/m1/s1. The second-order valence-corrected chi connectivity index (χ2v) is 5.46. The van der Waals surface area contributed by atoms with Gasteiger partial charge in [0.15, 0.2) is 0 Å². The van der Waals surface area contributed by atoms with E-state index in [1.807, 2.05) is 6.07 Å². The molecule has 0 aromatic heterocycles. The van der Waals surface area contributed by atoms with Crippen molar-refractivity contribution in [2.24, 2.45) is 0 Å². The maximum Gasteiger partial charge on any atom is 0.0306 e. The third kappa shape index (κ3) is 3.44. The van der Waals surface area contributed by atoms with Gasteiger partial charge >= 0.3 is 0 Å². The summed E-state index contributed by atoms with van der Waals surface area (Å²) >= 11 is 3.59. The fourth-order valence-electron chi connectivity index (χ4n) is 1.91. The van der Waals surface area contributed by atoms with Crippen molar-refractivity contribution in [2.45, 2.75) is 26.4 Å². The van der Waals surface area contributed by atoms with Gasteiger partial charge in [0.2, 0.25) is 0 Å². The van der Waals surface area contributed by atoms with Gasteiger partial charge in [0.1, 0.15) is 0 Å². The molecule has 2 rings (SSSR count). The summed E-state index contributed by atoms with van der Waals surface area (Å²) in [6, 6.07) is 17.3. The van der Waals surface area contributed by atoms with Crippen LogP contribution in [0.4, 0.5) is 0 Å². The molecule has 0 aliphatic rings. The minimum Gasteiger partial charge on any atom is -0.306 e. The molecule has 2 aromatic rings. The Morgan fingerprint density at radius 3 is 2.39 bits per heavy atom. The second-order valence-electron chi connectivity index (χ2n) is 4.61.